The molecule has 2 aromatic carbocycles. The van der Waals surface area contributed by atoms with Crippen LogP contribution in [0.15, 0.2) is 53.5 Å². The Bertz CT molecular complexity index is 1540. The monoisotopic (exact) mass is 552 g/mol. The zero-order valence-corrected chi connectivity index (χ0v) is 21.6. The topological polar surface area (TPSA) is 84.7 Å². The van der Waals surface area contributed by atoms with Crippen molar-refractivity contribution in [3.63, 3.8) is 0 Å². The molecule has 3 aromatic rings. The van der Waals surface area contributed by atoms with Crippen molar-refractivity contribution in [1.82, 2.24) is 19.6 Å². The standard InChI is InChI=1S/C29H27F3N4O4/c30-18-8-4-7-17(15-18)23(19-9-5-10-20(31)24(19)32)25-21-11-6-14-35(21)28(38)26-27(22(37)16-33-36(25)26)40-29(39)34-12-2-1-3-13-34/h4-5,7-10,15-16,21,23,25H,1-3,6,11-14H2/t21-,23?,25-/m1/s1. The van der Waals surface area contributed by atoms with Crippen molar-refractivity contribution in [2.24, 2.45) is 0 Å². The first-order chi connectivity index (χ1) is 19.3. The molecule has 3 aliphatic rings. The number of nitrogens with zero attached hydrogens (tertiary/aromatic N) is 4. The lowest BCUT2D eigenvalue weighted by molar-refractivity contribution is 0.0562. The van der Waals surface area contributed by atoms with Gasteiger partial charge in [0.05, 0.1) is 18.3 Å². The van der Waals surface area contributed by atoms with E-state index in [0.29, 0.717) is 38.0 Å². The molecule has 11 heteroatoms. The summed E-state index contributed by atoms with van der Waals surface area (Å²) in [6, 6.07) is 7.97. The van der Waals surface area contributed by atoms with Gasteiger partial charge in [0.1, 0.15) is 5.82 Å². The second kappa shape index (κ2) is 10.4. The summed E-state index contributed by atoms with van der Waals surface area (Å²) in [5.74, 6) is -4.73. The van der Waals surface area contributed by atoms with E-state index in [-0.39, 0.29) is 11.3 Å². The Balaban J connectivity index is 1.54. The van der Waals surface area contributed by atoms with E-state index in [0.717, 1.165) is 31.5 Å². The summed E-state index contributed by atoms with van der Waals surface area (Å²) < 4.78 is 51.3. The van der Waals surface area contributed by atoms with Crippen molar-refractivity contribution in [3.8, 4) is 5.75 Å². The molecule has 2 fully saturated rings. The van der Waals surface area contributed by atoms with Gasteiger partial charge in [-0.1, -0.05) is 24.3 Å². The van der Waals surface area contributed by atoms with Gasteiger partial charge in [-0.15, -0.1) is 0 Å². The van der Waals surface area contributed by atoms with Gasteiger partial charge >= 0.3 is 6.09 Å². The highest BCUT2D eigenvalue weighted by Gasteiger charge is 2.49. The van der Waals surface area contributed by atoms with Crippen LogP contribution >= 0.6 is 0 Å². The Morgan fingerprint density at radius 1 is 0.975 bits per heavy atom. The quantitative estimate of drug-likeness (QED) is 0.471. The van der Waals surface area contributed by atoms with Gasteiger partial charge in [0.15, 0.2) is 17.3 Å². The minimum Gasteiger partial charge on any atom is -0.403 e. The number of carbonyl (C=O) groups excluding carboxylic acids is 2. The first-order valence-electron chi connectivity index (χ1n) is 13.4. The lowest BCUT2D eigenvalue weighted by atomic mass is 9.79. The van der Waals surface area contributed by atoms with Crippen molar-refractivity contribution < 1.29 is 27.5 Å². The minimum absolute atomic E-state index is 0.0462. The van der Waals surface area contributed by atoms with E-state index in [1.165, 1.54) is 39.9 Å². The highest BCUT2D eigenvalue weighted by molar-refractivity contribution is 5.97. The van der Waals surface area contributed by atoms with Crippen molar-refractivity contribution >= 4 is 12.0 Å². The van der Waals surface area contributed by atoms with Gasteiger partial charge < -0.3 is 14.5 Å². The largest absolute Gasteiger partial charge is 0.415 e. The van der Waals surface area contributed by atoms with Gasteiger partial charge in [0.2, 0.25) is 11.2 Å². The van der Waals surface area contributed by atoms with E-state index < -0.39 is 58.6 Å². The average molecular weight is 553 g/mol. The molecule has 1 aromatic heterocycles. The van der Waals surface area contributed by atoms with E-state index in [9.17, 15) is 23.2 Å². The number of hydrogen-bond acceptors (Lipinski definition) is 5. The van der Waals surface area contributed by atoms with Crippen LogP contribution in [0.3, 0.4) is 0 Å². The summed E-state index contributed by atoms with van der Waals surface area (Å²) in [6.45, 7) is 1.29. The minimum atomic E-state index is -1.10. The third-order valence-corrected chi connectivity index (χ3v) is 8.08. The van der Waals surface area contributed by atoms with Crippen LogP contribution in [-0.2, 0) is 0 Å². The Morgan fingerprint density at radius 2 is 1.75 bits per heavy atom. The molecule has 0 bridgehead atoms. The lowest BCUT2D eigenvalue weighted by Crippen LogP contribution is -2.51. The smallest absolute Gasteiger partial charge is 0.403 e. The predicted molar refractivity (Wildman–Crippen MR) is 138 cm³/mol. The van der Waals surface area contributed by atoms with Gasteiger partial charge in [-0.25, -0.2) is 22.6 Å². The maximum absolute atomic E-state index is 15.4. The van der Waals surface area contributed by atoms with Crippen LogP contribution < -0.4 is 10.2 Å². The number of likely N-dealkylation sites (tertiary alicyclic amines) is 1. The van der Waals surface area contributed by atoms with E-state index in [1.807, 2.05) is 0 Å². The lowest BCUT2D eigenvalue weighted by Gasteiger charge is -2.42. The van der Waals surface area contributed by atoms with Gasteiger partial charge in [-0.2, -0.15) is 5.10 Å². The number of carbonyl (C=O) groups is 2. The van der Waals surface area contributed by atoms with Gasteiger partial charge in [-0.3, -0.25) is 9.59 Å². The molecule has 4 heterocycles. The molecule has 6 rings (SSSR count). The highest BCUT2D eigenvalue weighted by Crippen LogP contribution is 2.46. The number of benzene rings is 2. The number of hydrogen-bond donors (Lipinski definition) is 0. The van der Waals surface area contributed by atoms with Crippen LogP contribution in [0.4, 0.5) is 18.0 Å². The summed E-state index contributed by atoms with van der Waals surface area (Å²) in [7, 11) is 0. The first-order valence-corrected chi connectivity index (χ1v) is 13.4. The van der Waals surface area contributed by atoms with Crippen molar-refractivity contribution in [1.29, 1.82) is 0 Å². The van der Waals surface area contributed by atoms with Crippen LogP contribution in [0.5, 0.6) is 5.75 Å². The van der Waals surface area contributed by atoms with Crippen LogP contribution in [0.25, 0.3) is 0 Å². The molecular formula is C29H27F3N4O4. The van der Waals surface area contributed by atoms with Crippen LogP contribution in [0.1, 0.15) is 65.7 Å². The summed E-state index contributed by atoms with van der Waals surface area (Å²) in [5, 5.41) is 4.28. The second-order valence-electron chi connectivity index (χ2n) is 10.4. The zero-order valence-electron chi connectivity index (χ0n) is 21.6. The number of amides is 2. The van der Waals surface area contributed by atoms with E-state index in [1.54, 1.807) is 11.0 Å². The Hall–Kier alpha value is -4.15. The molecule has 0 spiro atoms. The normalized spacial score (nSPS) is 21.1. The maximum Gasteiger partial charge on any atom is 0.415 e. The van der Waals surface area contributed by atoms with Crippen LogP contribution in [0, 0.1) is 17.5 Å². The van der Waals surface area contributed by atoms with E-state index in [4.69, 9.17) is 4.74 Å². The molecule has 3 aliphatic heterocycles. The SMILES string of the molecule is O=C(Oc1c2n(ncc1=O)[C@@H](C(c1cccc(F)c1)c1cccc(F)c1F)[C@H]1CCCN1C2=O)N1CCCCC1. The third-order valence-electron chi connectivity index (χ3n) is 8.08. The molecule has 0 N–H and O–H groups in total. The fraction of sp³-hybridized carbons (Fsp3) is 0.379. The molecular weight excluding hydrogens is 525 g/mol. The molecule has 1 unspecified atom stereocenters. The predicted octanol–water partition coefficient (Wildman–Crippen LogP) is 4.64. The van der Waals surface area contributed by atoms with Gasteiger partial charge in [0, 0.05) is 31.1 Å². The summed E-state index contributed by atoms with van der Waals surface area (Å²) in [5.41, 5.74) is -0.691. The van der Waals surface area contributed by atoms with Crippen LogP contribution in [0.2, 0.25) is 0 Å². The second-order valence-corrected chi connectivity index (χ2v) is 10.4. The van der Waals surface area contributed by atoms with Crippen molar-refractivity contribution in [2.45, 2.75) is 50.1 Å². The zero-order chi connectivity index (χ0) is 28.0. The number of rotatable bonds is 4. The van der Waals surface area contributed by atoms with E-state index in [2.05, 4.69) is 5.10 Å². The molecule has 0 radical (unpaired) electrons. The Morgan fingerprint density at radius 3 is 2.52 bits per heavy atom. The maximum atomic E-state index is 15.4. The van der Waals surface area contributed by atoms with Crippen molar-refractivity contribution in [2.75, 3.05) is 19.6 Å². The number of piperidine rings is 1. The van der Waals surface area contributed by atoms with Gasteiger partial charge in [0.25, 0.3) is 5.91 Å². The number of ether oxygens (including phenoxy) is 1. The molecule has 2 amide bonds. The number of fused-ring (bicyclic) bond motifs is 2. The Kier molecular flexibility index (Phi) is 6.81. The fourth-order valence-corrected chi connectivity index (χ4v) is 6.28. The number of aromatic nitrogens is 2. The van der Waals surface area contributed by atoms with Crippen molar-refractivity contribution in [3.05, 3.63) is 93.2 Å². The molecule has 8 nitrogen and oxygen atoms in total. The molecule has 208 valence electrons. The summed E-state index contributed by atoms with van der Waals surface area (Å²) in [6.07, 6.45) is 3.94. The van der Waals surface area contributed by atoms with Crippen LogP contribution in [-0.4, -0.2) is 57.3 Å². The van der Waals surface area contributed by atoms with E-state index >= 15 is 4.39 Å². The Labute approximate surface area is 228 Å². The molecule has 3 atom stereocenters. The highest BCUT2D eigenvalue weighted by atomic mass is 19.2. The third kappa shape index (κ3) is 4.43. The molecule has 2 saturated heterocycles. The fourth-order valence-electron chi connectivity index (χ4n) is 6.28. The van der Waals surface area contributed by atoms with Gasteiger partial charge in [-0.05, 0) is 55.9 Å². The first kappa shape index (κ1) is 26.1. The summed E-state index contributed by atoms with van der Waals surface area (Å²) >= 11 is 0. The molecule has 0 saturated carbocycles. The average Bonchev–Trinajstić information content (AvgIpc) is 3.45. The number of halogens is 3. The molecule has 0 aliphatic carbocycles. The molecule has 40 heavy (non-hydrogen) atoms. The summed E-state index contributed by atoms with van der Waals surface area (Å²) in [4.78, 5) is 42.8.